The van der Waals surface area contributed by atoms with Crippen molar-refractivity contribution in [2.24, 2.45) is 29.1 Å². The maximum absolute atomic E-state index is 10.6. The van der Waals surface area contributed by atoms with Crippen molar-refractivity contribution in [3.63, 3.8) is 0 Å². The van der Waals surface area contributed by atoms with Crippen molar-refractivity contribution < 1.29 is 5.21 Å². The zero-order valence-electron chi connectivity index (χ0n) is 19.5. The summed E-state index contributed by atoms with van der Waals surface area (Å²) < 4.78 is 0. The predicted octanol–water partition coefficient (Wildman–Crippen LogP) is 7.28. The Labute approximate surface area is 180 Å². The molecule has 6 atom stereocenters. The summed E-state index contributed by atoms with van der Waals surface area (Å²) in [5.41, 5.74) is 6.41. The van der Waals surface area contributed by atoms with Gasteiger partial charge in [0.15, 0.2) is 0 Å². The minimum atomic E-state index is -0.194. The highest BCUT2D eigenvalue weighted by atomic mass is 16.5. The third-order valence-corrected chi connectivity index (χ3v) is 8.86. The number of allylic oxidation sites excluding steroid dienone is 1. The first-order valence-corrected chi connectivity index (χ1v) is 12.6. The topological polar surface area (TPSA) is 32.3 Å². The summed E-state index contributed by atoms with van der Waals surface area (Å²) >= 11 is 0. The van der Waals surface area contributed by atoms with Crippen LogP contribution >= 0.6 is 0 Å². The molecule has 1 saturated carbocycles. The van der Waals surface area contributed by atoms with Crippen molar-refractivity contribution in [3.8, 4) is 12.3 Å². The first-order valence-electron chi connectivity index (χ1n) is 12.6. The normalized spacial score (nSPS) is 35.9. The summed E-state index contributed by atoms with van der Waals surface area (Å²) in [5.74, 6) is 5.63. The molecule has 0 aromatic heterocycles. The molecule has 0 amide bonds. The molecule has 0 aromatic rings. The van der Waals surface area contributed by atoms with Crippen LogP contribution in [0.5, 0.6) is 0 Å². The van der Waals surface area contributed by atoms with E-state index in [9.17, 15) is 5.21 Å². The number of unbranched alkanes of at least 4 members (excludes halogenated alkanes) is 1. The molecular weight excluding hydrogens is 354 g/mol. The number of hydrogen-bond acceptors (Lipinski definition) is 2. The fourth-order valence-electron chi connectivity index (χ4n) is 7.44. The van der Waals surface area contributed by atoms with Gasteiger partial charge in [-0.25, -0.2) is 0 Å². The molecule has 0 saturated heterocycles. The molecule has 3 aliphatic rings. The Bertz CT molecular complexity index is 631. The van der Waals surface area contributed by atoms with Gasteiger partial charge in [-0.15, -0.1) is 12.3 Å². The average molecular weight is 400 g/mol. The van der Waals surface area contributed by atoms with Crippen LogP contribution in [0.4, 0.5) is 0 Å². The third-order valence-electron chi connectivity index (χ3n) is 8.86. The van der Waals surface area contributed by atoms with Gasteiger partial charge in [-0.3, -0.25) is 0 Å². The first-order chi connectivity index (χ1) is 14.0. The van der Waals surface area contributed by atoms with Crippen molar-refractivity contribution in [1.82, 2.24) is 5.48 Å². The minimum Gasteiger partial charge on any atom is -0.316 e. The number of rotatable bonds is 11. The van der Waals surface area contributed by atoms with Gasteiger partial charge in [-0.05, 0) is 75.5 Å². The molecule has 3 rings (SSSR count). The molecule has 0 bridgehead atoms. The second-order valence-electron chi connectivity index (χ2n) is 10.7. The summed E-state index contributed by atoms with van der Waals surface area (Å²) in [6.45, 7) is 9.39. The van der Waals surface area contributed by atoms with Crippen LogP contribution in [0.1, 0.15) is 111 Å². The van der Waals surface area contributed by atoms with Gasteiger partial charge in [0.25, 0.3) is 0 Å². The molecule has 164 valence electrons. The summed E-state index contributed by atoms with van der Waals surface area (Å²) in [6.07, 6.45) is 21.6. The molecule has 2 heteroatoms. The smallest absolute Gasteiger partial charge is 0.0526 e. The standard InChI is InChI=1S/C27H45NO/c1-6-10-12-23-17-22(11-7-2)24-19-26(5,25(23)24)27(28-29,15-8-3)18-21-14-13-20(9-4)16-21/h4,20-23,28-29H,6-8,10-19H2,1-3,5H3/t20?,21-,22+,23?,26?,27?/m0/s1. The average Bonchev–Trinajstić information content (AvgIpc) is 3.27. The van der Waals surface area contributed by atoms with Crippen LogP contribution in [0.25, 0.3) is 0 Å². The van der Waals surface area contributed by atoms with E-state index in [1.54, 1.807) is 11.1 Å². The number of nitrogens with one attached hydrogen (secondary N) is 1. The summed E-state index contributed by atoms with van der Waals surface area (Å²) in [7, 11) is 0. The van der Waals surface area contributed by atoms with E-state index in [-0.39, 0.29) is 11.0 Å². The van der Waals surface area contributed by atoms with Crippen molar-refractivity contribution in [2.45, 2.75) is 117 Å². The molecule has 0 aromatic carbocycles. The van der Waals surface area contributed by atoms with Gasteiger partial charge in [0.05, 0.1) is 5.54 Å². The van der Waals surface area contributed by atoms with E-state index in [2.05, 4.69) is 39.1 Å². The van der Waals surface area contributed by atoms with Crippen molar-refractivity contribution in [1.29, 1.82) is 0 Å². The zero-order chi connectivity index (χ0) is 21.1. The van der Waals surface area contributed by atoms with Crippen LogP contribution in [0, 0.1) is 41.4 Å². The molecule has 3 aliphatic carbocycles. The molecule has 4 unspecified atom stereocenters. The SMILES string of the molecule is C#CC1CC[C@H](CC(CCC)(NO)C2(C)CC3=C2C(CCCC)C[C@H]3CCC)C1. The second kappa shape index (κ2) is 9.57. The lowest BCUT2D eigenvalue weighted by molar-refractivity contribution is -0.0419. The van der Waals surface area contributed by atoms with Crippen molar-refractivity contribution in [2.75, 3.05) is 0 Å². The molecule has 0 heterocycles. The van der Waals surface area contributed by atoms with Crippen molar-refractivity contribution >= 4 is 0 Å². The highest BCUT2D eigenvalue weighted by molar-refractivity contribution is 5.45. The summed E-state index contributed by atoms with van der Waals surface area (Å²) in [4.78, 5) is 0. The van der Waals surface area contributed by atoms with Crippen LogP contribution in [0.15, 0.2) is 11.1 Å². The maximum atomic E-state index is 10.6. The van der Waals surface area contributed by atoms with E-state index >= 15 is 0 Å². The van der Waals surface area contributed by atoms with E-state index < -0.39 is 0 Å². The van der Waals surface area contributed by atoms with Crippen LogP contribution in [-0.2, 0) is 0 Å². The maximum Gasteiger partial charge on any atom is 0.0526 e. The van der Waals surface area contributed by atoms with Crippen LogP contribution < -0.4 is 5.48 Å². The zero-order valence-corrected chi connectivity index (χ0v) is 19.5. The van der Waals surface area contributed by atoms with Gasteiger partial charge in [-0.1, -0.05) is 64.5 Å². The van der Waals surface area contributed by atoms with E-state index in [4.69, 9.17) is 6.42 Å². The second-order valence-corrected chi connectivity index (χ2v) is 10.7. The van der Waals surface area contributed by atoms with Gasteiger partial charge in [0, 0.05) is 11.3 Å². The molecular formula is C27H45NO. The van der Waals surface area contributed by atoms with Gasteiger partial charge in [0.1, 0.15) is 0 Å². The van der Waals surface area contributed by atoms with E-state index in [0.29, 0.717) is 11.8 Å². The lowest BCUT2D eigenvalue weighted by Crippen LogP contribution is -2.61. The van der Waals surface area contributed by atoms with Gasteiger partial charge >= 0.3 is 0 Å². The molecule has 2 N–H and O–H groups in total. The minimum absolute atomic E-state index is 0.0994. The highest BCUT2D eigenvalue weighted by Crippen LogP contribution is 2.66. The number of hydrogen-bond donors (Lipinski definition) is 2. The molecule has 0 spiro atoms. The Morgan fingerprint density at radius 3 is 2.48 bits per heavy atom. The van der Waals surface area contributed by atoms with Crippen LogP contribution in [-0.4, -0.2) is 10.7 Å². The van der Waals surface area contributed by atoms with E-state index in [0.717, 1.165) is 43.9 Å². The van der Waals surface area contributed by atoms with Crippen LogP contribution in [0.3, 0.4) is 0 Å². The van der Waals surface area contributed by atoms with Crippen LogP contribution in [0.2, 0.25) is 0 Å². The summed E-state index contributed by atoms with van der Waals surface area (Å²) in [6, 6.07) is 0. The van der Waals surface area contributed by atoms with Crippen molar-refractivity contribution in [3.05, 3.63) is 11.1 Å². The van der Waals surface area contributed by atoms with Gasteiger partial charge in [0.2, 0.25) is 0 Å². The molecule has 0 radical (unpaired) electrons. The fraction of sp³-hybridized carbons (Fsp3) is 0.852. The highest BCUT2D eigenvalue weighted by Gasteiger charge is 2.60. The fourth-order valence-corrected chi connectivity index (χ4v) is 7.44. The predicted molar refractivity (Wildman–Crippen MR) is 123 cm³/mol. The lowest BCUT2D eigenvalue weighted by atomic mass is 9.50. The van der Waals surface area contributed by atoms with E-state index in [1.807, 2.05) is 0 Å². The molecule has 0 aliphatic heterocycles. The molecule has 2 nitrogen and oxygen atoms in total. The third kappa shape index (κ3) is 4.07. The largest absolute Gasteiger partial charge is 0.316 e. The Hall–Kier alpha value is -0.780. The van der Waals surface area contributed by atoms with E-state index in [1.165, 1.54) is 51.4 Å². The Balaban J connectivity index is 1.88. The number of hydroxylamine groups is 1. The lowest BCUT2D eigenvalue weighted by Gasteiger charge is -2.57. The Morgan fingerprint density at radius 2 is 1.90 bits per heavy atom. The van der Waals surface area contributed by atoms with Gasteiger partial charge in [-0.2, -0.15) is 5.48 Å². The molecule has 29 heavy (non-hydrogen) atoms. The Kier molecular flexibility index (Phi) is 7.56. The van der Waals surface area contributed by atoms with Gasteiger partial charge < -0.3 is 5.21 Å². The quantitative estimate of drug-likeness (QED) is 0.217. The number of terminal acetylenes is 1. The first kappa shape index (κ1) is 22.9. The summed E-state index contributed by atoms with van der Waals surface area (Å²) in [5, 5.41) is 10.6. The monoisotopic (exact) mass is 399 g/mol. The Morgan fingerprint density at radius 1 is 1.10 bits per heavy atom. The molecule has 1 fully saturated rings.